The van der Waals surface area contributed by atoms with Crippen molar-refractivity contribution in [2.45, 2.75) is 12.5 Å². The number of carbonyl (C=O) groups excluding carboxylic acids is 1. The zero-order chi connectivity index (χ0) is 23.5. The minimum atomic E-state index is -0.759. The van der Waals surface area contributed by atoms with Gasteiger partial charge < -0.3 is 0 Å². The Morgan fingerprint density at radius 1 is 0.882 bits per heavy atom. The fourth-order valence-electron chi connectivity index (χ4n) is 3.88. The summed E-state index contributed by atoms with van der Waals surface area (Å²) in [7, 11) is 0. The van der Waals surface area contributed by atoms with Crippen molar-refractivity contribution in [2.75, 3.05) is 4.90 Å². The third kappa shape index (κ3) is 4.43. The summed E-state index contributed by atoms with van der Waals surface area (Å²) in [6, 6.07) is 26.4. The molecule has 34 heavy (non-hydrogen) atoms. The van der Waals surface area contributed by atoms with Crippen LogP contribution in [0, 0.1) is 11.6 Å². The monoisotopic (exact) mass is 471 g/mol. The van der Waals surface area contributed by atoms with Gasteiger partial charge in [0.2, 0.25) is 5.91 Å². The highest BCUT2D eigenvalue weighted by Crippen LogP contribution is 2.35. The quantitative estimate of drug-likeness (QED) is 0.291. The van der Waals surface area contributed by atoms with Gasteiger partial charge in [-0.2, -0.15) is 0 Å². The average Bonchev–Trinajstić information content (AvgIpc) is 3.29. The van der Waals surface area contributed by atoms with E-state index in [9.17, 15) is 13.6 Å². The first kappa shape index (κ1) is 21.9. The molecule has 5 aromatic rings. The van der Waals surface area contributed by atoms with Crippen LogP contribution in [0.25, 0.3) is 10.2 Å². The van der Waals surface area contributed by atoms with Crippen LogP contribution in [0.3, 0.4) is 0 Å². The molecular weight excluding hydrogens is 452 g/mol. The molecule has 5 rings (SSSR count). The Morgan fingerprint density at radius 2 is 1.53 bits per heavy atom. The number of halogens is 2. The van der Waals surface area contributed by atoms with Gasteiger partial charge in [0.1, 0.15) is 11.3 Å². The molecule has 0 saturated carbocycles. The number of carbonyl (C=O) groups is 1. The second kappa shape index (κ2) is 9.49. The Bertz CT molecular complexity index is 1390. The van der Waals surface area contributed by atoms with Crippen LogP contribution in [0.15, 0.2) is 97.2 Å². The van der Waals surface area contributed by atoms with Gasteiger partial charge in [0.05, 0.1) is 22.9 Å². The lowest BCUT2D eigenvalue weighted by Crippen LogP contribution is -2.35. The summed E-state index contributed by atoms with van der Waals surface area (Å²) in [5.41, 5.74) is 2.34. The molecule has 0 fully saturated rings. The Kier molecular flexibility index (Phi) is 6.10. The van der Waals surface area contributed by atoms with Crippen LogP contribution in [-0.2, 0) is 11.3 Å². The molecule has 3 aromatic carbocycles. The van der Waals surface area contributed by atoms with Gasteiger partial charge in [-0.1, -0.05) is 78.1 Å². The predicted molar refractivity (Wildman–Crippen MR) is 130 cm³/mol. The van der Waals surface area contributed by atoms with E-state index < -0.39 is 17.6 Å². The van der Waals surface area contributed by atoms with Crippen molar-refractivity contribution in [1.82, 2.24) is 9.97 Å². The minimum Gasteiger partial charge on any atom is -0.281 e. The molecule has 0 atom stereocenters. The highest BCUT2D eigenvalue weighted by molar-refractivity contribution is 7.22. The average molecular weight is 472 g/mol. The number of fused-ring (bicyclic) bond motifs is 1. The van der Waals surface area contributed by atoms with E-state index >= 15 is 0 Å². The Hall–Kier alpha value is -3.97. The van der Waals surface area contributed by atoms with Crippen LogP contribution in [0.4, 0.5) is 13.9 Å². The van der Waals surface area contributed by atoms with Crippen molar-refractivity contribution in [3.63, 3.8) is 0 Å². The van der Waals surface area contributed by atoms with Crippen molar-refractivity contribution >= 4 is 32.6 Å². The van der Waals surface area contributed by atoms with E-state index in [1.165, 1.54) is 11.0 Å². The van der Waals surface area contributed by atoms with E-state index in [4.69, 9.17) is 0 Å². The third-order valence-electron chi connectivity index (χ3n) is 5.46. The van der Waals surface area contributed by atoms with E-state index in [1.807, 2.05) is 72.8 Å². The van der Waals surface area contributed by atoms with Gasteiger partial charge in [0.15, 0.2) is 10.9 Å². The number of anilines is 1. The molecule has 0 aliphatic rings. The van der Waals surface area contributed by atoms with Crippen molar-refractivity contribution in [3.8, 4) is 0 Å². The number of nitrogens with zero attached hydrogens (tertiary/aromatic N) is 3. The second-order valence-electron chi connectivity index (χ2n) is 7.73. The van der Waals surface area contributed by atoms with Crippen molar-refractivity contribution in [3.05, 3.63) is 126 Å². The number of thiazole rings is 1. The van der Waals surface area contributed by atoms with E-state index in [1.54, 1.807) is 12.3 Å². The van der Waals surface area contributed by atoms with E-state index in [2.05, 4.69) is 9.97 Å². The van der Waals surface area contributed by atoms with Crippen LogP contribution < -0.4 is 4.90 Å². The van der Waals surface area contributed by atoms with Gasteiger partial charge in [0, 0.05) is 12.3 Å². The minimum absolute atomic E-state index is 0.0381. The lowest BCUT2D eigenvalue weighted by molar-refractivity contribution is -0.119. The molecule has 0 aliphatic heterocycles. The van der Waals surface area contributed by atoms with Gasteiger partial charge >= 0.3 is 0 Å². The molecule has 2 heterocycles. The highest BCUT2D eigenvalue weighted by atomic mass is 32.1. The Labute approximate surface area is 199 Å². The smallest absolute Gasteiger partial charge is 0.241 e. The van der Waals surface area contributed by atoms with Crippen molar-refractivity contribution < 1.29 is 13.6 Å². The molecule has 0 bridgehead atoms. The molecule has 1 amide bonds. The molecule has 0 N–H and O–H groups in total. The summed E-state index contributed by atoms with van der Waals surface area (Å²) in [6.45, 7) is 0.139. The van der Waals surface area contributed by atoms with E-state index in [-0.39, 0.29) is 23.1 Å². The van der Waals surface area contributed by atoms with E-state index in [0.29, 0.717) is 10.4 Å². The summed E-state index contributed by atoms with van der Waals surface area (Å²) in [5.74, 6) is -2.29. The number of rotatable bonds is 6. The fourth-order valence-corrected chi connectivity index (χ4v) is 4.89. The van der Waals surface area contributed by atoms with Crippen LogP contribution in [0.1, 0.15) is 22.7 Å². The summed E-state index contributed by atoms with van der Waals surface area (Å²) >= 11 is 1.08. The zero-order valence-corrected chi connectivity index (χ0v) is 18.8. The fraction of sp³-hybridized carbons (Fsp3) is 0.0741. The number of pyridine rings is 1. The predicted octanol–water partition coefficient (Wildman–Crippen LogP) is 6.33. The molecular formula is C27H19F2N3OS. The number of hydrogen-bond donors (Lipinski definition) is 0. The van der Waals surface area contributed by atoms with Gasteiger partial charge in [-0.05, 0) is 29.3 Å². The van der Waals surface area contributed by atoms with Crippen molar-refractivity contribution in [1.29, 1.82) is 0 Å². The zero-order valence-electron chi connectivity index (χ0n) is 17.9. The number of benzene rings is 3. The molecule has 168 valence electrons. The molecule has 2 aromatic heterocycles. The SMILES string of the molecule is O=C(C(c1ccccc1)c1ccccc1)N(Cc1ccccn1)c1nc2c(F)cc(F)cc2s1. The first-order valence-corrected chi connectivity index (χ1v) is 11.5. The van der Waals surface area contributed by atoms with Crippen LogP contribution in [0.2, 0.25) is 0 Å². The molecule has 0 radical (unpaired) electrons. The maximum absolute atomic E-state index is 14.4. The topological polar surface area (TPSA) is 46.1 Å². The molecule has 7 heteroatoms. The summed E-state index contributed by atoms with van der Waals surface area (Å²) in [6.07, 6.45) is 1.65. The van der Waals surface area contributed by atoms with Crippen LogP contribution in [-0.4, -0.2) is 15.9 Å². The van der Waals surface area contributed by atoms with Crippen molar-refractivity contribution in [2.24, 2.45) is 0 Å². The first-order valence-electron chi connectivity index (χ1n) is 10.7. The molecule has 4 nitrogen and oxygen atoms in total. The lowest BCUT2D eigenvalue weighted by atomic mass is 9.90. The summed E-state index contributed by atoms with van der Waals surface area (Å²) in [4.78, 5) is 24.4. The lowest BCUT2D eigenvalue weighted by Gasteiger charge is -2.26. The largest absolute Gasteiger partial charge is 0.281 e. The number of hydrogen-bond acceptors (Lipinski definition) is 4. The highest BCUT2D eigenvalue weighted by Gasteiger charge is 2.31. The second-order valence-corrected chi connectivity index (χ2v) is 8.74. The Balaban J connectivity index is 1.64. The summed E-state index contributed by atoms with van der Waals surface area (Å²) in [5, 5.41) is 0.284. The number of aromatic nitrogens is 2. The Morgan fingerprint density at radius 3 is 2.15 bits per heavy atom. The van der Waals surface area contributed by atoms with Gasteiger partial charge in [0.25, 0.3) is 0 Å². The van der Waals surface area contributed by atoms with Gasteiger partial charge in [-0.3, -0.25) is 14.7 Å². The maximum atomic E-state index is 14.4. The summed E-state index contributed by atoms with van der Waals surface area (Å²) < 4.78 is 28.6. The molecule has 0 unspecified atom stereocenters. The normalized spacial score (nSPS) is 11.1. The standard InChI is InChI=1S/C27H19F2N3OS/c28-20-15-22(29)25-23(16-20)34-27(31-25)32(17-21-13-7-8-14-30-21)26(33)24(18-9-3-1-4-10-18)19-11-5-2-6-12-19/h1-16,24H,17H2. The third-order valence-corrected chi connectivity index (χ3v) is 6.48. The molecule has 0 saturated heterocycles. The first-order chi connectivity index (χ1) is 16.6. The van der Waals surface area contributed by atoms with Gasteiger partial charge in [-0.15, -0.1) is 0 Å². The number of amides is 1. The molecule has 0 spiro atoms. The van der Waals surface area contributed by atoms with Crippen LogP contribution in [0.5, 0.6) is 0 Å². The van der Waals surface area contributed by atoms with Crippen LogP contribution >= 0.6 is 11.3 Å². The molecule has 0 aliphatic carbocycles. The van der Waals surface area contributed by atoms with Gasteiger partial charge in [-0.25, -0.2) is 13.8 Å². The van der Waals surface area contributed by atoms with E-state index in [0.717, 1.165) is 28.5 Å². The maximum Gasteiger partial charge on any atom is 0.241 e.